The van der Waals surface area contributed by atoms with Crippen LogP contribution in [-0.4, -0.2) is 30.8 Å². The van der Waals surface area contributed by atoms with E-state index in [1.165, 1.54) is 6.20 Å². The van der Waals surface area contributed by atoms with Crippen LogP contribution in [0.25, 0.3) is 0 Å². The van der Waals surface area contributed by atoms with E-state index in [1.807, 2.05) is 0 Å². The van der Waals surface area contributed by atoms with E-state index in [2.05, 4.69) is 4.98 Å². The SMILES string of the molecule is CCO[P+](OCC)(OCC)OC(=O)c1ccccn1. The number of carbonyl (C=O) groups is 1. The van der Waals surface area contributed by atoms with Gasteiger partial charge in [-0.2, -0.15) is 0 Å². The lowest BCUT2D eigenvalue weighted by atomic mass is 10.4. The quantitative estimate of drug-likeness (QED) is 0.685. The molecule has 0 aliphatic heterocycles. The maximum atomic E-state index is 12.0. The molecule has 1 aromatic heterocycles. The topological polar surface area (TPSA) is 66.9 Å². The first-order valence-corrected chi connectivity index (χ1v) is 7.61. The predicted molar refractivity (Wildman–Crippen MR) is 71.5 cm³/mol. The summed E-state index contributed by atoms with van der Waals surface area (Å²) in [5, 5.41) is 0. The third kappa shape index (κ3) is 4.84. The summed E-state index contributed by atoms with van der Waals surface area (Å²) in [5.41, 5.74) is 0.186. The first-order chi connectivity index (χ1) is 9.17. The van der Waals surface area contributed by atoms with Gasteiger partial charge in [-0.1, -0.05) is 6.07 Å². The van der Waals surface area contributed by atoms with E-state index in [9.17, 15) is 4.79 Å². The van der Waals surface area contributed by atoms with Crippen molar-refractivity contribution < 1.29 is 22.9 Å². The summed E-state index contributed by atoms with van der Waals surface area (Å²) in [6, 6.07) is 4.97. The third-order valence-corrected chi connectivity index (χ3v) is 4.04. The number of hydrogen-bond acceptors (Lipinski definition) is 6. The highest BCUT2D eigenvalue weighted by Gasteiger charge is 2.52. The first kappa shape index (κ1) is 16.0. The molecule has 7 heteroatoms. The average molecular weight is 288 g/mol. The Kier molecular flexibility index (Phi) is 6.87. The highest BCUT2D eigenvalue weighted by Crippen LogP contribution is 2.63. The molecule has 0 unspecified atom stereocenters. The van der Waals surface area contributed by atoms with E-state index in [1.54, 1.807) is 39.0 Å². The highest BCUT2D eigenvalue weighted by molar-refractivity contribution is 7.57. The van der Waals surface area contributed by atoms with Crippen LogP contribution in [0.1, 0.15) is 31.3 Å². The van der Waals surface area contributed by atoms with Crippen LogP contribution < -0.4 is 0 Å². The van der Waals surface area contributed by atoms with Crippen molar-refractivity contribution in [3.63, 3.8) is 0 Å². The normalized spacial score (nSPS) is 11.3. The van der Waals surface area contributed by atoms with Gasteiger partial charge >= 0.3 is 14.1 Å². The van der Waals surface area contributed by atoms with Crippen LogP contribution >= 0.6 is 8.17 Å². The van der Waals surface area contributed by atoms with Gasteiger partial charge in [0.2, 0.25) is 0 Å². The summed E-state index contributed by atoms with van der Waals surface area (Å²) in [7, 11) is -3.11. The molecule has 0 N–H and O–H groups in total. The smallest absolute Gasteiger partial charge is 0.249 e. The number of hydrogen-bond donors (Lipinski definition) is 0. The first-order valence-electron chi connectivity index (χ1n) is 6.15. The van der Waals surface area contributed by atoms with E-state index < -0.39 is 14.1 Å². The van der Waals surface area contributed by atoms with E-state index in [0.29, 0.717) is 19.8 Å². The standard InChI is InChI=1S/C12H19NO5P/c1-4-15-19(16-5-2,17-6-3)18-12(14)11-9-7-8-10-13-11/h7-10H,4-6H2,1-3H3/q+1. The maximum Gasteiger partial charge on any atom is 0.625 e. The van der Waals surface area contributed by atoms with Gasteiger partial charge in [-0.15, -0.1) is 13.6 Å². The third-order valence-electron chi connectivity index (χ3n) is 1.93. The van der Waals surface area contributed by atoms with Gasteiger partial charge in [-0.25, -0.2) is 14.3 Å². The van der Waals surface area contributed by atoms with Crippen molar-refractivity contribution in [1.82, 2.24) is 4.98 Å². The Morgan fingerprint density at radius 2 is 1.68 bits per heavy atom. The van der Waals surface area contributed by atoms with Gasteiger partial charge in [0.15, 0.2) is 5.69 Å². The minimum absolute atomic E-state index is 0.186. The highest BCUT2D eigenvalue weighted by atomic mass is 31.2. The van der Waals surface area contributed by atoms with Crippen LogP contribution in [-0.2, 0) is 18.1 Å². The zero-order valence-electron chi connectivity index (χ0n) is 11.4. The van der Waals surface area contributed by atoms with Gasteiger partial charge in [0.05, 0.1) is 19.8 Å². The number of nitrogens with zero attached hydrogens (tertiary/aromatic N) is 1. The molecule has 6 nitrogen and oxygen atoms in total. The molecular weight excluding hydrogens is 269 g/mol. The van der Waals surface area contributed by atoms with Gasteiger partial charge in [-0.3, -0.25) is 0 Å². The lowest BCUT2D eigenvalue weighted by Gasteiger charge is -2.17. The van der Waals surface area contributed by atoms with Gasteiger partial charge in [0, 0.05) is 6.20 Å². The Hall–Kier alpha value is -1.07. The van der Waals surface area contributed by atoms with Gasteiger partial charge in [0.1, 0.15) is 0 Å². The van der Waals surface area contributed by atoms with Gasteiger partial charge in [-0.05, 0) is 32.9 Å². The second kappa shape index (κ2) is 8.17. The molecule has 0 amide bonds. The summed E-state index contributed by atoms with van der Waals surface area (Å²) in [6.45, 7) is 6.31. The van der Waals surface area contributed by atoms with Crippen molar-refractivity contribution in [3.8, 4) is 0 Å². The van der Waals surface area contributed by atoms with Crippen molar-refractivity contribution in [2.45, 2.75) is 20.8 Å². The summed E-state index contributed by atoms with van der Waals surface area (Å²) in [6.07, 6.45) is 1.51. The molecule has 1 rings (SSSR count). The number of aromatic nitrogens is 1. The van der Waals surface area contributed by atoms with E-state index in [0.717, 1.165) is 0 Å². The molecule has 19 heavy (non-hydrogen) atoms. The fourth-order valence-electron chi connectivity index (χ4n) is 1.30. The Morgan fingerprint density at radius 3 is 2.11 bits per heavy atom. The molecule has 0 radical (unpaired) electrons. The molecule has 0 aliphatic carbocycles. The second-order valence-corrected chi connectivity index (χ2v) is 5.15. The van der Waals surface area contributed by atoms with Crippen molar-refractivity contribution in [1.29, 1.82) is 0 Å². The Balaban J connectivity index is 2.83. The lowest BCUT2D eigenvalue weighted by molar-refractivity contribution is 0.0423. The Bertz CT molecular complexity index is 370. The van der Waals surface area contributed by atoms with Crippen LogP contribution in [0.3, 0.4) is 0 Å². The van der Waals surface area contributed by atoms with Crippen molar-refractivity contribution in [2.24, 2.45) is 0 Å². The molecule has 1 heterocycles. The van der Waals surface area contributed by atoms with Crippen molar-refractivity contribution >= 4 is 14.1 Å². The monoisotopic (exact) mass is 288 g/mol. The van der Waals surface area contributed by atoms with E-state index in [-0.39, 0.29) is 5.69 Å². The summed E-state index contributed by atoms with van der Waals surface area (Å²) < 4.78 is 21.5. The fourth-order valence-corrected chi connectivity index (χ4v) is 2.92. The van der Waals surface area contributed by atoms with Crippen LogP contribution in [0.15, 0.2) is 24.4 Å². The molecule has 1 aromatic rings. The van der Waals surface area contributed by atoms with Crippen LogP contribution in [0.4, 0.5) is 0 Å². The molecular formula is C12H19NO5P+. The minimum atomic E-state index is -3.11. The molecule has 0 fully saturated rings. The average Bonchev–Trinajstić information content (AvgIpc) is 2.40. The Morgan fingerprint density at radius 1 is 1.11 bits per heavy atom. The summed E-state index contributed by atoms with van der Waals surface area (Å²) in [5.74, 6) is -0.621. The van der Waals surface area contributed by atoms with Crippen LogP contribution in [0.5, 0.6) is 0 Å². The molecule has 0 aromatic carbocycles. The van der Waals surface area contributed by atoms with Crippen molar-refractivity contribution in [3.05, 3.63) is 30.1 Å². The number of pyridine rings is 1. The van der Waals surface area contributed by atoms with Gasteiger partial charge < -0.3 is 0 Å². The van der Waals surface area contributed by atoms with Crippen LogP contribution in [0.2, 0.25) is 0 Å². The molecule has 0 atom stereocenters. The van der Waals surface area contributed by atoms with Gasteiger partial charge in [0.25, 0.3) is 0 Å². The molecule has 106 valence electrons. The molecule has 0 saturated carbocycles. The lowest BCUT2D eigenvalue weighted by Crippen LogP contribution is -2.16. The van der Waals surface area contributed by atoms with Crippen LogP contribution in [0, 0.1) is 0 Å². The summed E-state index contributed by atoms with van der Waals surface area (Å²) in [4.78, 5) is 15.9. The number of carbonyl (C=O) groups excluding carboxylic acids is 1. The maximum absolute atomic E-state index is 12.0. The second-order valence-electron chi connectivity index (χ2n) is 3.29. The molecule has 0 aliphatic rings. The number of rotatable bonds is 8. The zero-order chi connectivity index (χ0) is 14.1. The minimum Gasteiger partial charge on any atom is -0.249 e. The molecule has 0 spiro atoms. The fraction of sp³-hybridized carbons (Fsp3) is 0.500. The molecule has 0 saturated heterocycles. The van der Waals surface area contributed by atoms with E-state index in [4.69, 9.17) is 18.1 Å². The van der Waals surface area contributed by atoms with E-state index >= 15 is 0 Å². The van der Waals surface area contributed by atoms with Crippen molar-refractivity contribution in [2.75, 3.05) is 19.8 Å². The molecule has 0 bridgehead atoms. The largest absolute Gasteiger partial charge is 0.625 e. The Labute approximate surface area is 113 Å². The zero-order valence-corrected chi connectivity index (χ0v) is 12.3. The summed E-state index contributed by atoms with van der Waals surface area (Å²) >= 11 is 0. The predicted octanol–water partition coefficient (Wildman–Crippen LogP) is 3.03.